The van der Waals surface area contributed by atoms with Crippen LogP contribution in [0, 0.1) is 5.92 Å². The molecule has 1 unspecified atom stereocenters. The van der Waals surface area contributed by atoms with Crippen LogP contribution in [0.4, 0.5) is 0 Å². The predicted octanol–water partition coefficient (Wildman–Crippen LogP) is 5.52. The first-order valence-electron chi connectivity index (χ1n) is 12.2. The second kappa shape index (κ2) is 11.1. The average Bonchev–Trinajstić information content (AvgIpc) is 3.13. The van der Waals surface area contributed by atoms with E-state index in [1.807, 2.05) is 54.6 Å². The summed E-state index contributed by atoms with van der Waals surface area (Å²) in [4.78, 5) is 28.0. The number of aromatic hydroxyl groups is 1. The van der Waals surface area contributed by atoms with Gasteiger partial charge in [-0.15, -0.1) is 0 Å². The summed E-state index contributed by atoms with van der Waals surface area (Å²) in [5, 5.41) is 20.6. The number of aliphatic hydroxyl groups excluding tert-OH is 1. The fourth-order valence-electron chi connectivity index (χ4n) is 4.29. The van der Waals surface area contributed by atoms with E-state index in [-0.39, 0.29) is 30.1 Å². The molecule has 36 heavy (non-hydrogen) atoms. The number of amides is 1. The summed E-state index contributed by atoms with van der Waals surface area (Å²) in [7, 11) is 0. The number of ether oxygens (including phenoxy) is 1. The highest BCUT2D eigenvalue weighted by Crippen LogP contribution is 2.40. The Kier molecular flexibility index (Phi) is 7.74. The van der Waals surface area contributed by atoms with E-state index in [0.29, 0.717) is 24.5 Å². The Labute approximate surface area is 211 Å². The molecule has 0 spiro atoms. The van der Waals surface area contributed by atoms with E-state index in [9.17, 15) is 19.8 Å². The Hall–Kier alpha value is -4.06. The van der Waals surface area contributed by atoms with Crippen molar-refractivity contribution >= 4 is 11.7 Å². The number of phenols is 1. The van der Waals surface area contributed by atoms with Gasteiger partial charge in [-0.1, -0.05) is 68.4 Å². The van der Waals surface area contributed by atoms with E-state index >= 15 is 0 Å². The zero-order valence-electron chi connectivity index (χ0n) is 20.6. The predicted molar refractivity (Wildman–Crippen MR) is 138 cm³/mol. The number of nitrogens with zero attached hydrogens (tertiary/aromatic N) is 1. The molecule has 6 nitrogen and oxygen atoms in total. The van der Waals surface area contributed by atoms with E-state index in [2.05, 4.69) is 13.8 Å². The van der Waals surface area contributed by atoms with Gasteiger partial charge < -0.3 is 19.8 Å². The first-order valence-corrected chi connectivity index (χ1v) is 12.2. The van der Waals surface area contributed by atoms with Crippen molar-refractivity contribution in [3.8, 4) is 11.5 Å². The molecule has 0 bridgehead atoms. The van der Waals surface area contributed by atoms with Crippen LogP contribution in [0.15, 0.2) is 90.2 Å². The minimum absolute atomic E-state index is 0.0803. The maximum atomic E-state index is 13.3. The lowest BCUT2D eigenvalue weighted by Gasteiger charge is -2.27. The second-order valence-electron chi connectivity index (χ2n) is 9.45. The Morgan fingerprint density at radius 3 is 2.22 bits per heavy atom. The lowest BCUT2D eigenvalue weighted by atomic mass is 9.93. The Morgan fingerprint density at radius 1 is 0.917 bits per heavy atom. The summed E-state index contributed by atoms with van der Waals surface area (Å²) >= 11 is 0. The topological polar surface area (TPSA) is 87.1 Å². The number of ketones is 1. The summed E-state index contributed by atoms with van der Waals surface area (Å²) in [6, 6.07) is 22.7. The largest absolute Gasteiger partial charge is 0.508 e. The van der Waals surface area contributed by atoms with Gasteiger partial charge in [-0.2, -0.15) is 0 Å². The second-order valence-corrected chi connectivity index (χ2v) is 9.45. The third kappa shape index (κ3) is 5.77. The van der Waals surface area contributed by atoms with Crippen LogP contribution >= 0.6 is 0 Å². The van der Waals surface area contributed by atoms with Gasteiger partial charge >= 0.3 is 0 Å². The van der Waals surface area contributed by atoms with Gasteiger partial charge in [-0.05, 0) is 53.3 Å². The van der Waals surface area contributed by atoms with Crippen LogP contribution in [0.1, 0.15) is 43.0 Å². The summed E-state index contributed by atoms with van der Waals surface area (Å²) in [6.07, 6.45) is 0.672. The van der Waals surface area contributed by atoms with Crippen LogP contribution in [0.5, 0.6) is 11.5 Å². The van der Waals surface area contributed by atoms with Gasteiger partial charge in [0.15, 0.2) is 11.5 Å². The molecule has 1 atom stereocenters. The van der Waals surface area contributed by atoms with Gasteiger partial charge in [-0.25, -0.2) is 0 Å². The molecule has 3 aromatic rings. The molecule has 1 aliphatic heterocycles. The Morgan fingerprint density at radius 2 is 1.58 bits per heavy atom. The quantitative estimate of drug-likeness (QED) is 0.395. The molecule has 1 heterocycles. The van der Waals surface area contributed by atoms with Crippen molar-refractivity contribution in [2.75, 3.05) is 6.61 Å². The van der Waals surface area contributed by atoms with Crippen molar-refractivity contribution in [2.24, 2.45) is 5.92 Å². The number of Topliss-reactive ketones (excluding diaryl/α,β-unsaturated/α-hetero) is 1. The molecule has 186 valence electrons. The zero-order valence-corrected chi connectivity index (χ0v) is 20.6. The highest BCUT2D eigenvalue weighted by atomic mass is 16.5. The maximum absolute atomic E-state index is 13.3. The molecule has 0 fully saturated rings. The van der Waals surface area contributed by atoms with Crippen molar-refractivity contribution in [3.63, 3.8) is 0 Å². The van der Waals surface area contributed by atoms with Gasteiger partial charge in [0.25, 0.3) is 5.91 Å². The smallest absolute Gasteiger partial charge is 0.290 e. The van der Waals surface area contributed by atoms with Crippen molar-refractivity contribution < 1.29 is 24.5 Å². The Balaban J connectivity index is 1.59. The number of benzene rings is 3. The van der Waals surface area contributed by atoms with Crippen LogP contribution in [0.25, 0.3) is 0 Å². The number of carbonyl (C=O) groups excluding carboxylic acids is 2. The van der Waals surface area contributed by atoms with Crippen LogP contribution in [0.3, 0.4) is 0 Å². The van der Waals surface area contributed by atoms with Gasteiger partial charge in [0.1, 0.15) is 11.5 Å². The van der Waals surface area contributed by atoms with Gasteiger partial charge in [0, 0.05) is 13.0 Å². The lowest BCUT2D eigenvalue weighted by Crippen LogP contribution is -2.30. The molecule has 4 rings (SSSR count). The molecule has 0 radical (unpaired) electrons. The zero-order chi connectivity index (χ0) is 25.7. The van der Waals surface area contributed by atoms with E-state index in [4.69, 9.17) is 4.74 Å². The highest BCUT2D eigenvalue weighted by Gasteiger charge is 2.43. The van der Waals surface area contributed by atoms with Crippen LogP contribution in [-0.4, -0.2) is 33.4 Å². The normalized spacial score (nSPS) is 15.6. The van der Waals surface area contributed by atoms with E-state index < -0.39 is 17.7 Å². The van der Waals surface area contributed by atoms with E-state index in [1.165, 1.54) is 17.0 Å². The number of phenolic OH excluding ortho intramolecular Hbond substituents is 1. The van der Waals surface area contributed by atoms with Crippen LogP contribution in [0.2, 0.25) is 0 Å². The molecule has 2 N–H and O–H groups in total. The third-order valence-corrected chi connectivity index (χ3v) is 6.16. The minimum Gasteiger partial charge on any atom is -0.508 e. The molecule has 3 aromatic carbocycles. The first kappa shape index (κ1) is 25.0. The standard InChI is InChI=1S/C30H31NO5/c1-20(2)19-36-25-15-8-22(9-16-25)18-31-28(23-11-13-24(32)14-12-23)27(29(34)30(31)35)26(33)17-10-21-6-4-3-5-7-21/h3-9,11-16,20,28,32,34H,10,17-19H2,1-2H3. The van der Waals surface area contributed by atoms with Crippen LogP contribution < -0.4 is 4.74 Å². The SMILES string of the molecule is CC(C)COc1ccc(CN2C(=O)C(O)=C(C(=O)CCc3ccccc3)C2c2ccc(O)cc2)cc1. The average molecular weight is 486 g/mol. The minimum atomic E-state index is -0.752. The molecule has 1 amide bonds. The van der Waals surface area contributed by atoms with Crippen molar-refractivity contribution in [1.29, 1.82) is 0 Å². The monoisotopic (exact) mass is 485 g/mol. The molecule has 1 aliphatic rings. The first-order chi connectivity index (χ1) is 17.3. The third-order valence-electron chi connectivity index (χ3n) is 6.16. The molecule has 0 aliphatic carbocycles. The fraction of sp³-hybridized carbons (Fsp3) is 0.267. The molecular weight excluding hydrogens is 454 g/mol. The molecular formula is C30H31NO5. The lowest BCUT2D eigenvalue weighted by molar-refractivity contribution is -0.130. The van der Waals surface area contributed by atoms with Crippen molar-refractivity contribution in [1.82, 2.24) is 4.90 Å². The van der Waals surface area contributed by atoms with Gasteiger partial charge in [0.05, 0.1) is 18.2 Å². The van der Waals surface area contributed by atoms with Gasteiger partial charge in [-0.3, -0.25) is 9.59 Å². The number of carbonyl (C=O) groups is 2. The fourth-order valence-corrected chi connectivity index (χ4v) is 4.29. The molecule has 0 saturated carbocycles. The summed E-state index contributed by atoms with van der Waals surface area (Å²) < 4.78 is 5.75. The summed E-state index contributed by atoms with van der Waals surface area (Å²) in [5.41, 5.74) is 2.59. The maximum Gasteiger partial charge on any atom is 0.290 e. The number of hydrogen-bond acceptors (Lipinski definition) is 5. The summed E-state index contributed by atoms with van der Waals surface area (Å²) in [6.45, 7) is 4.97. The van der Waals surface area contributed by atoms with E-state index in [0.717, 1.165) is 16.9 Å². The van der Waals surface area contributed by atoms with Gasteiger partial charge in [0.2, 0.25) is 0 Å². The number of hydrogen-bond donors (Lipinski definition) is 2. The molecule has 0 saturated heterocycles. The summed E-state index contributed by atoms with van der Waals surface area (Å²) in [5.74, 6) is -0.142. The molecule has 6 heteroatoms. The van der Waals surface area contributed by atoms with Crippen molar-refractivity contribution in [3.05, 3.63) is 107 Å². The van der Waals surface area contributed by atoms with Crippen LogP contribution in [-0.2, 0) is 22.6 Å². The molecule has 0 aromatic heterocycles. The van der Waals surface area contributed by atoms with E-state index in [1.54, 1.807) is 12.1 Å². The number of rotatable bonds is 10. The highest BCUT2D eigenvalue weighted by molar-refractivity contribution is 6.09. The number of aryl methyl sites for hydroxylation is 1. The van der Waals surface area contributed by atoms with Crippen molar-refractivity contribution in [2.45, 2.75) is 39.3 Å². The Bertz CT molecular complexity index is 1230. The number of aliphatic hydroxyl groups is 1.